The Morgan fingerprint density at radius 1 is 0.450 bits per heavy atom. The van der Waals surface area contributed by atoms with E-state index in [9.17, 15) is 0 Å². The van der Waals surface area contributed by atoms with Gasteiger partial charge in [-0.3, -0.25) is 0 Å². The van der Waals surface area contributed by atoms with Gasteiger partial charge in [-0.2, -0.15) is 0 Å². The van der Waals surface area contributed by atoms with Crippen LogP contribution in [0.15, 0.2) is 0 Å². The van der Waals surface area contributed by atoms with Crippen LogP contribution in [0.4, 0.5) is 0 Å². The Morgan fingerprint density at radius 3 is 0.800 bits per heavy atom. The third-order valence-corrected chi connectivity index (χ3v) is 9.00. The van der Waals surface area contributed by atoms with Gasteiger partial charge < -0.3 is 0 Å². The Bertz CT molecular complexity index is 128. The van der Waals surface area contributed by atoms with Crippen molar-refractivity contribution in [2.75, 3.05) is 24.6 Å². The number of halogens is 3. The quantitative estimate of drug-likeness (QED) is 0.238. The fourth-order valence-corrected chi connectivity index (χ4v) is 7.93. The van der Waals surface area contributed by atoms with Crippen LogP contribution in [-0.4, -0.2) is 24.6 Å². The maximum Gasteiger partial charge on any atom is 0.0594 e. The highest BCUT2D eigenvalue weighted by molar-refractivity contribution is 8.93. The zero-order valence-electron chi connectivity index (χ0n) is 14.2. The predicted octanol–water partition coefficient (Wildman–Crippen LogP) is 7.94. The Morgan fingerprint density at radius 2 is 0.650 bits per heavy atom. The summed E-state index contributed by atoms with van der Waals surface area (Å²) in [6.45, 7) is 9.42. The van der Waals surface area contributed by atoms with Crippen molar-refractivity contribution in [3.63, 3.8) is 0 Å². The highest BCUT2D eigenvalue weighted by atomic mass is 79.9. The van der Waals surface area contributed by atoms with Crippen molar-refractivity contribution in [3.05, 3.63) is 0 Å². The van der Waals surface area contributed by atoms with Crippen molar-refractivity contribution in [2.45, 2.75) is 79.1 Å². The van der Waals surface area contributed by atoms with Crippen molar-refractivity contribution in [2.24, 2.45) is 0 Å². The first-order valence-electron chi connectivity index (χ1n) is 8.09. The highest BCUT2D eigenvalue weighted by Gasteiger charge is 2.34. The van der Waals surface area contributed by atoms with Gasteiger partial charge in [0.15, 0.2) is 0 Å². The largest absolute Gasteiger partial charge is 0.114 e. The number of hydrogen-bond donors (Lipinski definition) is 0. The standard InChI is InChI=1S/C16H36P.3BrH/c1-5-9-13-17(14-10-6-2,15-11-7-3)16-12-8-4;;;/h5-16H2,1-4H3;3*1H/q+1;;;. The minimum Gasteiger partial charge on any atom is -0.114 e. The first-order valence-corrected chi connectivity index (χ1v) is 10.6. The first-order chi connectivity index (χ1) is 8.24. The van der Waals surface area contributed by atoms with Gasteiger partial charge in [-0.15, -0.1) is 50.9 Å². The molecule has 0 aliphatic carbocycles. The summed E-state index contributed by atoms with van der Waals surface area (Å²) < 4.78 is 0. The number of rotatable bonds is 12. The minimum absolute atomic E-state index is 0. The van der Waals surface area contributed by atoms with Gasteiger partial charge in [0, 0.05) is 7.26 Å². The molecule has 0 heterocycles. The average molecular weight is 502 g/mol. The summed E-state index contributed by atoms with van der Waals surface area (Å²) in [4.78, 5) is 0. The monoisotopic (exact) mass is 499 g/mol. The molecule has 0 aliphatic heterocycles. The van der Waals surface area contributed by atoms with Crippen LogP contribution in [0.1, 0.15) is 79.1 Å². The molecule has 0 amide bonds. The molecule has 0 fully saturated rings. The lowest BCUT2D eigenvalue weighted by atomic mass is 10.4. The van der Waals surface area contributed by atoms with Crippen LogP contribution < -0.4 is 0 Å². The molecule has 20 heavy (non-hydrogen) atoms. The second-order valence-corrected chi connectivity index (χ2v) is 10.1. The van der Waals surface area contributed by atoms with Crippen LogP contribution in [0.25, 0.3) is 0 Å². The molecule has 0 atom stereocenters. The molecule has 0 aromatic rings. The van der Waals surface area contributed by atoms with Crippen molar-refractivity contribution in [3.8, 4) is 0 Å². The lowest BCUT2D eigenvalue weighted by Gasteiger charge is -2.28. The minimum atomic E-state index is -0.562. The molecule has 0 unspecified atom stereocenters. The molecule has 0 radical (unpaired) electrons. The van der Waals surface area contributed by atoms with E-state index in [2.05, 4.69) is 27.7 Å². The molecular weight excluding hydrogens is 463 g/mol. The molecule has 0 aliphatic rings. The molecule has 0 spiro atoms. The molecule has 0 N–H and O–H groups in total. The molecule has 0 bridgehead atoms. The summed E-state index contributed by atoms with van der Waals surface area (Å²) in [5, 5.41) is 0. The normalized spacial score (nSPS) is 10.2. The third kappa shape index (κ3) is 14.8. The zero-order chi connectivity index (χ0) is 13.0. The van der Waals surface area contributed by atoms with Gasteiger partial charge in [0.25, 0.3) is 0 Å². The molecular formula is C16H39Br3P+. The lowest BCUT2D eigenvalue weighted by Crippen LogP contribution is -2.12. The van der Waals surface area contributed by atoms with Crippen LogP contribution in [0, 0.1) is 0 Å². The SMILES string of the molecule is Br.Br.Br.CCCC[P+](CCCC)(CCCC)CCCC. The van der Waals surface area contributed by atoms with Gasteiger partial charge in [-0.05, 0) is 25.7 Å². The van der Waals surface area contributed by atoms with E-state index in [0.29, 0.717) is 0 Å². The fourth-order valence-electron chi connectivity index (χ4n) is 2.64. The van der Waals surface area contributed by atoms with Gasteiger partial charge in [0.1, 0.15) is 0 Å². The van der Waals surface area contributed by atoms with Crippen LogP contribution in [0.3, 0.4) is 0 Å². The topological polar surface area (TPSA) is 0 Å². The number of hydrogen-bond acceptors (Lipinski definition) is 0. The Labute approximate surface area is 161 Å². The Kier molecular flexibility index (Phi) is 31.1. The zero-order valence-corrected chi connectivity index (χ0v) is 20.2. The smallest absolute Gasteiger partial charge is 0.0594 e. The van der Waals surface area contributed by atoms with E-state index >= 15 is 0 Å². The van der Waals surface area contributed by atoms with Crippen LogP contribution in [0.2, 0.25) is 0 Å². The van der Waals surface area contributed by atoms with Crippen LogP contribution in [-0.2, 0) is 0 Å². The third-order valence-electron chi connectivity index (χ3n) is 3.94. The van der Waals surface area contributed by atoms with E-state index in [4.69, 9.17) is 0 Å². The van der Waals surface area contributed by atoms with Crippen molar-refractivity contribution < 1.29 is 0 Å². The molecule has 128 valence electrons. The molecule has 0 nitrogen and oxygen atoms in total. The van der Waals surface area contributed by atoms with Gasteiger partial charge >= 0.3 is 0 Å². The second kappa shape index (κ2) is 20.9. The van der Waals surface area contributed by atoms with E-state index in [1.54, 1.807) is 24.6 Å². The molecule has 0 aromatic heterocycles. The summed E-state index contributed by atoms with van der Waals surface area (Å²) in [7, 11) is -0.562. The van der Waals surface area contributed by atoms with E-state index in [-0.39, 0.29) is 50.9 Å². The maximum absolute atomic E-state index is 2.36. The summed E-state index contributed by atoms with van der Waals surface area (Å²) >= 11 is 0. The van der Waals surface area contributed by atoms with E-state index < -0.39 is 7.26 Å². The molecule has 0 aromatic carbocycles. The van der Waals surface area contributed by atoms with Crippen molar-refractivity contribution in [1.82, 2.24) is 0 Å². The maximum atomic E-state index is 2.36. The molecule has 0 saturated heterocycles. The van der Waals surface area contributed by atoms with Crippen molar-refractivity contribution >= 4 is 58.2 Å². The van der Waals surface area contributed by atoms with E-state index in [1.807, 2.05) is 0 Å². The summed E-state index contributed by atoms with van der Waals surface area (Å²) in [6.07, 6.45) is 17.9. The Hall–Kier alpha value is 1.87. The van der Waals surface area contributed by atoms with Gasteiger partial charge in [-0.1, -0.05) is 53.4 Å². The van der Waals surface area contributed by atoms with Gasteiger partial charge in [0.05, 0.1) is 24.6 Å². The van der Waals surface area contributed by atoms with Gasteiger partial charge in [0.2, 0.25) is 0 Å². The predicted molar refractivity (Wildman–Crippen MR) is 117 cm³/mol. The molecule has 0 saturated carbocycles. The summed E-state index contributed by atoms with van der Waals surface area (Å²) in [5.41, 5.74) is 0. The summed E-state index contributed by atoms with van der Waals surface area (Å²) in [6, 6.07) is 0. The fraction of sp³-hybridized carbons (Fsp3) is 1.00. The second-order valence-electron chi connectivity index (χ2n) is 5.65. The van der Waals surface area contributed by atoms with Crippen LogP contribution >= 0.6 is 58.2 Å². The van der Waals surface area contributed by atoms with E-state index in [0.717, 1.165) is 0 Å². The Balaban J connectivity index is -0.000000427. The molecule has 4 heteroatoms. The van der Waals surface area contributed by atoms with Crippen LogP contribution in [0.5, 0.6) is 0 Å². The summed E-state index contributed by atoms with van der Waals surface area (Å²) in [5.74, 6) is 0. The number of unbranched alkanes of at least 4 members (excludes halogenated alkanes) is 4. The first kappa shape index (κ1) is 29.8. The molecule has 0 rings (SSSR count). The average Bonchev–Trinajstić information content (AvgIpc) is 2.37. The van der Waals surface area contributed by atoms with Crippen molar-refractivity contribution in [1.29, 1.82) is 0 Å². The van der Waals surface area contributed by atoms with E-state index in [1.165, 1.54) is 51.4 Å². The van der Waals surface area contributed by atoms with Gasteiger partial charge in [-0.25, -0.2) is 0 Å². The lowest BCUT2D eigenvalue weighted by molar-refractivity contribution is 0.814. The highest BCUT2D eigenvalue weighted by Crippen LogP contribution is 2.61.